The third kappa shape index (κ3) is 6.21. The van der Waals surface area contributed by atoms with Crippen LogP contribution < -0.4 is 10.6 Å². The molecule has 0 unspecified atom stereocenters. The van der Waals surface area contributed by atoms with Crippen LogP contribution in [-0.4, -0.2) is 23.9 Å². The molecule has 0 radical (unpaired) electrons. The zero-order valence-electron chi connectivity index (χ0n) is 13.1. The van der Waals surface area contributed by atoms with E-state index in [1.165, 1.54) is 13.0 Å². The Bertz CT molecular complexity index is 601. The Labute approximate surface area is 129 Å². The molecule has 0 aromatic heterocycles. The van der Waals surface area contributed by atoms with Crippen LogP contribution in [0.25, 0.3) is 6.08 Å². The van der Waals surface area contributed by atoms with Crippen molar-refractivity contribution in [2.24, 2.45) is 0 Å². The third-order valence-corrected chi connectivity index (χ3v) is 2.36. The summed E-state index contributed by atoms with van der Waals surface area (Å²) in [6, 6.07) is 4.99. The summed E-state index contributed by atoms with van der Waals surface area (Å²) >= 11 is 0. The molecule has 6 heteroatoms. The van der Waals surface area contributed by atoms with Crippen LogP contribution in [0, 0.1) is 0 Å². The van der Waals surface area contributed by atoms with Crippen molar-refractivity contribution in [2.45, 2.75) is 33.3 Å². The van der Waals surface area contributed by atoms with E-state index in [1.54, 1.807) is 45.0 Å². The van der Waals surface area contributed by atoms with Gasteiger partial charge in [0.15, 0.2) is 0 Å². The first kappa shape index (κ1) is 17.4. The summed E-state index contributed by atoms with van der Waals surface area (Å²) in [7, 11) is 0. The number of amides is 2. The molecule has 0 aliphatic rings. The number of rotatable bonds is 4. The second kappa shape index (κ2) is 7.40. The minimum absolute atomic E-state index is 0.261. The van der Waals surface area contributed by atoms with Crippen molar-refractivity contribution in [1.82, 2.24) is 0 Å². The van der Waals surface area contributed by atoms with Gasteiger partial charge in [-0.3, -0.25) is 14.9 Å². The average molecular weight is 304 g/mol. The number of anilines is 2. The van der Waals surface area contributed by atoms with Crippen molar-refractivity contribution in [3.8, 4) is 0 Å². The fourth-order valence-electron chi connectivity index (χ4n) is 1.63. The van der Waals surface area contributed by atoms with Crippen molar-refractivity contribution < 1.29 is 19.1 Å². The largest absolute Gasteiger partial charge is 0.444 e. The SMILES string of the molecule is CC(=O)Nc1ccc(/C=C/C=O)cc1NC(=O)OC(C)(C)C. The topological polar surface area (TPSA) is 84.5 Å². The van der Waals surface area contributed by atoms with Crippen molar-refractivity contribution in [3.05, 3.63) is 29.8 Å². The van der Waals surface area contributed by atoms with Gasteiger partial charge in [0.25, 0.3) is 0 Å². The van der Waals surface area contributed by atoms with E-state index in [1.807, 2.05) is 0 Å². The molecule has 2 amide bonds. The number of hydrogen-bond donors (Lipinski definition) is 2. The van der Waals surface area contributed by atoms with Gasteiger partial charge in [-0.1, -0.05) is 12.1 Å². The first-order valence-corrected chi connectivity index (χ1v) is 6.75. The van der Waals surface area contributed by atoms with Crippen molar-refractivity contribution >= 4 is 35.7 Å². The summed E-state index contributed by atoms with van der Waals surface area (Å²) in [5, 5.41) is 5.21. The van der Waals surface area contributed by atoms with Crippen LogP contribution in [0.2, 0.25) is 0 Å². The van der Waals surface area contributed by atoms with Gasteiger partial charge in [-0.2, -0.15) is 0 Å². The van der Waals surface area contributed by atoms with Gasteiger partial charge in [-0.15, -0.1) is 0 Å². The van der Waals surface area contributed by atoms with Gasteiger partial charge in [0.2, 0.25) is 5.91 Å². The second-order valence-electron chi connectivity index (χ2n) is 5.61. The van der Waals surface area contributed by atoms with Gasteiger partial charge in [-0.25, -0.2) is 4.79 Å². The number of ether oxygens (including phenoxy) is 1. The van der Waals surface area contributed by atoms with E-state index in [0.717, 1.165) is 0 Å². The summed E-state index contributed by atoms with van der Waals surface area (Å²) in [6.45, 7) is 6.64. The lowest BCUT2D eigenvalue weighted by molar-refractivity contribution is -0.114. The minimum Gasteiger partial charge on any atom is -0.444 e. The van der Waals surface area contributed by atoms with Gasteiger partial charge in [0.05, 0.1) is 11.4 Å². The fraction of sp³-hybridized carbons (Fsp3) is 0.312. The number of hydrogen-bond acceptors (Lipinski definition) is 4. The lowest BCUT2D eigenvalue weighted by Gasteiger charge is -2.20. The molecule has 1 aromatic rings. The van der Waals surface area contributed by atoms with Crippen LogP contribution in [0.15, 0.2) is 24.3 Å². The van der Waals surface area contributed by atoms with Crippen molar-refractivity contribution in [3.63, 3.8) is 0 Å². The molecule has 2 N–H and O–H groups in total. The van der Waals surface area contributed by atoms with Gasteiger partial charge < -0.3 is 10.1 Å². The van der Waals surface area contributed by atoms with Crippen molar-refractivity contribution in [2.75, 3.05) is 10.6 Å². The van der Waals surface area contributed by atoms with Gasteiger partial charge in [-0.05, 0) is 44.5 Å². The summed E-state index contributed by atoms with van der Waals surface area (Å²) in [6.07, 6.45) is 2.95. The Morgan fingerprint density at radius 1 is 1.14 bits per heavy atom. The second-order valence-corrected chi connectivity index (χ2v) is 5.61. The molecule has 1 rings (SSSR count). The molecular weight excluding hydrogens is 284 g/mol. The quantitative estimate of drug-likeness (QED) is 0.661. The number of allylic oxidation sites excluding steroid dienone is 1. The molecule has 0 spiro atoms. The van der Waals surface area contributed by atoms with Gasteiger partial charge in [0.1, 0.15) is 11.9 Å². The zero-order valence-corrected chi connectivity index (χ0v) is 13.1. The van der Waals surface area contributed by atoms with Gasteiger partial charge >= 0.3 is 6.09 Å². The molecular formula is C16H20N2O4. The minimum atomic E-state index is -0.632. The normalized spacial score (nSPS) is 11.1. The highest BCUT2D eigenvalue weighted by Gasteiger charge is 2.17. The Kier molecular flexibility index (Phi) is 5.86. The lowest BCUT2D eigenvalue weighted by atomic mass is 10.1. The molecule has 22 heavy (non-hydrogen) atoms. The number of nitrogens with one attached hydrogen (secondary N) is 2. The maximum absolute atomic E-state index is 11.9. The third-order valence-electron chi connectivity index (χ3n) is 2.36. The molecule has 0 aliphatic heterocycles. The summed E-state index contributed by atoms with van der Waals surface area (Å²) in [5.74, 6) is -0.261. The highest BCUT2D eigenvalue weighted by Crippen LogP contribution is 2.25. The van der Waals surface area contributed by atoms with Crippen LogP contribution in [0.3, 0.4) is 0 Å². The maximum Gasteiger partial charge on any atom is 0.412 e. The number of aldehydes is 1. The predicted octanol–water partition coefficient (Wildman–Crippen LogP) is 3.20. The predicted molar refractivity (Wildman–Crippen MR) is 85.7 cm³/mol. The highest BCUT2D eigenvalue weighted by atomic mass is 16.6. The molecule has 1 aromatic carbocycles. The Morgan fingerprint density at radius 3 is 2.36 bits per heavy atom. The molecule has 0 heterocycles. The molecule has 0 atom stereocenters. The molecule has 0 fully saturated rings. The summed E-state index contributed by atoms with van der Waals surface area (Å²) in [5.41, 5.74) is 0.902. The van der Waals surface area contributed by atoms with Crippen LogP contribution in [0.4, 0.5) is 16.2 Å². The first-order chi connectivity index (χ1) is 10.2. The number of carbonyl (C=O) groups excluding carboxylic acids is 3. The molecule has 0 bridgehead atoms. The van der Waals surface area contributed by atoms with E-state index in [9.17, 15) is 14.4 Å². The van der Waals surface area contributed by atoms with Crippen LogP contribution in [-0.2, 0) is 14.3 Å². The van der Waals surface area contributed by atoms with Crippen LogP contribution in [0.1, 0.15) is 33.3 Å². The fourth-order valence-corrected chi connectivity index (χ4v) is 1.63. The van der Waals surface area contributed by atoms with Crippen LogP contribution >= 0.6 is 0 Å². The Morgan fingerprint density at radius 2 is 1.82 bits per heavy atom. The molecule has 118 valence electrons. The van der Waals surface area contributed by atoms with E-state index < -0.39 is 11.7 Å². The summed E-state index contributed by atoms with van der Waals surface area (Å²) in [4.78, 5) is 33.5. The smallest absolute Gasteiger partial charge is 0.412 e. The van der Waals surface area contributed by atoms with E-state index in [0.29, 0.717) is 23.2 Å². The maximum atomic E-state index is 11.9. The number of benzene rings is 1. The van der Waals surface area contributed by atoms with E-state index in [-0.39, 0.29) is 5.91 Å². The van der Waals surface area contributed by atoms with Crippen molar-refractivity contribution in [1.29, 1.82) is 0 Å². The van der Waals surface area contributed by atoms with Crippen LogP contribution in [0.5, 0.6) is 0 Å². The van der Waals surface area contributed by atoms with E-state index >= 15 is 0 Å². The monoisotopic (exact) mass is 304 g/mol. The van der Waals surface area contributed by atoms with E-state index in [2.05, 4.69) is 10.6 Å². The number of carbonyl (C=O) groups is 3. The molecule has 0 aliphatic carbocycles. The Balaban J connectivity index is 3.05. The molecule has 6 nitrogen and oxygen atoms in total. The van der Waals surface area contributed by atoms with Gasteiger partial charge in [0, 0.05) is 6.92 Å². The lowest BCUT2D eigenvalue weighted by Crippen LogP contribution is -2.27. The Hall–Kier alpha value is -2.63. The molecule has 0 saturated heterocycles. The zero-order chi connectivity index (χ0) is 16.8. The molecule has 0 saturated carbocycles. The highest BCUT2D eigenvalue weighted by molar-refractivity contribution is 5.97. The first-order valence-electron chi connectivity index (χ1n) is 6.75. The standard InChI is InChI=1S/C16H20N2O4/c1-11(20)17-13-8-7-12(6-5-9-19)10-14(13)18-15(21)22-16(2,3)4/h5-10H,1-4H3,(H,17,20)(H,18,21)/b6-5+. The average Bonchev–Trinajstić information content (AvgIpc) is 2.36. The van der Waals surface area contributed by atoms with E-state index in [4.69, 9.17) is 4.74 Å². The summed E-state index contributed by atoms with van der Waals surface area (Å²) < 4.78 is 5.19.